The molecule has 0 aromatic carbocycles. The van der Waals surface area contributed by atoms with Gasteiger partial charge in [-0.05, 0) is 30.2 Å². The Morgan fingerprint density at radius 2 is 1.83 bits per heavy atom. The third kappa shape index (κ3) is 7.14. The largest absolute Gasteiger partial charge is 0.462 e. The summed E-state index contributed by atoms with van der Waals surface area (Å²) >= 11 is 1.34. The molecule has 130 valence electrons. The lowest BCUT2D eigenvalue weighted by atomic mass is 10.1. The molecule has 1 aromatic heterocycles. The third-order valence-corrected chi connectivity index (χ3v) is 3.86. The number of hydrogen-bond acceptors (Lipinski definition) is 5. The normalized spacial score (nSPS) is 11.3. The first-order valence-electron chi connectivity index (χ1n) is 8.10. The Balaban J connectivity index is 2.67. The van der Waals surface area contributed by atoms with Crippen molar-refractivity contribution in [1.82, 2.24) is 4.90 Å². The Morgan fingerprint density at radius 3 is 2.35 bits per heavy atom. The molecule has 1 aromatic rings. The van der Waals surface area contributed by atoms with Gasteiger partial charge in [0.05, 0.1) is 18.7 Å². The summed E-state index contributed by atoms with van der Waals surface area (Å²) in [6.45, 7) is 12.7. The molecule has 0 bridgehead atoms. The van der Waals surface area contributed by atoms with Crippen LogP contribution in [0.25, 0.3) is 0 Å². The van der Waals surface area contributed by atoms with Gasteiger partial charge in [0.2, 0.25) is 5.91 Å². The zero-order valence-corrected chi connectivity index (χ0v) is 15.5. The summed E-state index contributed by atoms with van der Waals surface area (Å²) in [5.74, 6) is 0.501. The van der Waals surface area contributed by atoms with Crippen LogP contribution in [0.4, 0.5) is 5.00 Å². The minimum absolute atomic E-state index is 0.0979. The second-order valence-electron chi connectivity index (χ2n) is 6.41. The van der Waals surface area contributed by atoms with Crippen LogP contribution in [-0.2, 0) is 9.53 Å². The van der Waals surface area contributed by atoms with Crippen LogP contribution in [0.5, 0.6) is 0 Å². The minimum Gasteiger partial charge on any atom is -0.462 e. The van der Waals surface area contributed by atoms with E-state index >= 15 is 0 Å². The molecule has 5 nitrogen and oxygen atoms in total. The fourth-order valence-corrected chi connectivity index (χ4v) is 3.17. The van der Waals surface area contributed by atoms with Crippen LogP contribution in [0, 0.1) is 11.8 Å². The maximum Gasteiger partial charge on any atom is 0.341 e. The van der Waals surface area contributed by atoms with Crippen molar-refractivity contribution in [3.05, 3.63) is 17.0 Å². The molecule has 0 spiro atoms. The van der Waals surface area contributed by atoms with Crippen LogP contribution in [0.15, 0.2) is 11.4 Å². The third-order valence-electron chi connectivity index (χ3n) is 3.03. The van der Waals surface area contributed by atoms with Gasteiger partial charge in [-0.2, -0.15) is 0 Å². The second kappa shape index (κ2) is 9.67. The molecule has 0 aliphatic heterocycles. The lowest BCUT2D eigenvalue weighted by molar-refractivity contribution is -0.117. The predicted octanol–water partition coefficient (Wildman–Crippen LogP) is 3.48. The van der Waals surface area contributed by atoms with Crippen LogP contribution in [0.3, 0.4) is 0 Å². The molecule has 1 N–H and O–H groups in total. The van der Waals surface area contributed by atoms with Crippen molar-refractivity contribution < 1.29 is 14.3 Å². The van der Waals surface area contributed by atoms with E-state index < -0.39 is 5.97 Å². The molecule has 1 heterocycles. The molecule has 0 aliphatic carbocycles. The maximum atomic E-state index is 12.3. The molecule has 0 atom stereocenters. The first kappa shape index (κ1) is 19.6. The van der Waals surface area contributed by atoms with Gasteiger partial charge in [0.15, 0.2) is 0 Å². The number of carbonyl (C=O) groups is 2. The Kier molecular flexibility index (Phi) is 8.26. The SMILES string of the molecule is CCOC(=O)c1ccsc1NC(=O)CN(CC(C)C)CC(C)C. The summed E-state index contributed by atoms with van der Waals surface area (Å²) in [5, 5.41) is 5.18. The number of carbonyl (C=O) groups excluding carboxylic acids is 2. The van der Waals surface area contributed by atoms with Crippen molar-refractivity contribution in [3.8, 4) is 0 Å². The number of esters is 1. The molecule has 0 radical (unpaired) electrons. The molecule has 0 fully saturated rings. The molecular weight excluding hydrogens is 312 g/mol. The number of nitrogens with one attached hydrogen (secondary N) is 1. The van der Waals surface area contributed by atoms with Gasteiger partial charge in [-0.3, -0.25) is 9.69 Å². The molecule has 6 heteroatoms. The summed E-state index contributed by atoms with van der Waals surface area (Å²) in [4.78, 5) is 26.3. The number of thiophene rings is 1. The highest BCUT2D eigenvalue weighted by molar-refractivity contribution is 7.14. The highest BCUT2D eigenvalue weighted by Crippen LogP contribution is 2.24. The van der Waals surface area contributed by atoms with Crippen molar-refractivity contribution >= 4 is 28.2 Å². The Morgan fingerprint density at radius 1 is 1.22 bits per heavy atom. The Bertz CT molecular complexity index is 502. The van der Waals surface area contributed by atoms with E-state index in [1.165, 1.54) is 11.3 Å². The molecule has 1 amide bonds. The van der Waals surface area contributed by atoms with Crippen molar-refractivity contribution in [2.45, 2.75) is 34.6 Å². The lowest BCUT2D eigenvalue weighted by Crippen LogP contribution is -2.38. The van der Waals surface area contributed by atoms with Crippen molar-refractivity contribution in [2.24, 2.45) is 11.8 Å². The van der Waals surface area contributed by atoms with Gasteiger partial charge < -0.3 is 10.1 Å². The van der Waals surface area contributed by atoms with E-state index in [4.69, 9.17) is 4.74 Å². The Labute approximate surface area is 143 Å². The molecule has 0 unspecified atom stereocenters. The van der Waals surface area contributed by atoms with Gasteiger partial charge in [0.25, 0.3) is 0 Å². The zero-order valence-electron chi connectivity index (χ0n) is 14.7. The van der Waals surface area contributed by atoms with Crippen LogP contribution < -0.4 is 5.32 Å². The molecule has 1 rings (SSSR count). The molecule has 0 aliphatic rings. The van der Waals surface area contributed by atoms with E-state index in [2.05, 4.69) is 37.9 Å². The highest BCUT2D eigenvalue weighted by Gasteiger charge is 2.18. The summed E-state index contributed by atoms with van der Waals surface area (Å²) in [6, 6.07) is 1.68. The van der Waals surface area contributed by atoms with E-state index in [-0.39, 0.29) is 5.91 Å². The van der Waals surface area contributed by atoms with Crippen LogP contribution in [-0.4, -0.2) is 43.0 Å². The topological polar surface area (TPSA) is 58.6 Å². The smallest absolute Gasteiger partial charge is 0.341 e. The van der Waals surface area contributed by atoms with E-state index in [0.29, 0.717) is 35.6 Å². The van der Waals surface area contributed by atoms with E-state index in [0.717, 1.165) is 13.1 Å². The number of nitrogens with zero attached hydrogens (tertiary/aromatic N) is 1. The van der Waals surface area contributed by atoms with Gasteiger partial charge in [-0.25, -0.2) is 4.79 Å². The first-order valence-corrected chi connectivity index (χ1v) is 8.98. The van der Waals surface area contributed by atoms with E-state index in [1.54, 1.807) is 18.4 Å². The van der Waals surface area contributed by atoms with Crippen LogP contribution in [0.2, 0.25) is 0 Å². The molecular formula is C17H28N2O3S. The molecule has 0 saturated carbocycles. The maximum absolute atomic E-state index is 12.3. The second-order valence-corrected chi connectivity index (χ2v) is 7.33. The van der Waals surface area contributed by atoms with Crippen LogP contribution in [0.1, 0.15) is 45.0 Å². The van der Waals surface area contributed by atoms with Gasteiger partial charge in [0, 0.05) is 13.1 Å². The minimum atomic E-state index is -0.398. The van der Waals surface area contributed by atoms with Crippen LogP contribution >= 0.6 is 11.3 Å². The monoisotopic (exact) mass is 340 g/mol. The zero-order chi connectivity index (χ0) is 17.4. The summed E-state index contributed by atoms with van der Waals surface area (Å²) < 4.78 is 5.00. The standard InChI is InChI=1S/C17H28N2O3S/c1-6-22-17(21)14-7-8-23-16(14)18-15(20)11-19(9-12(2)3)10-13(4)5/h7-8,12-13H,6,9-11H2,1-5H3,(H,18,20). The number of ether oxygens (including phenoxy) is 1. The average molecular weight is 340 g/mol. The number of amides is 1. The Hall–Kier alpha value is -1.40. The highest BCUT2D eigenvalue weighted by atomic mass is 32.1. The van der Waals surface area contributed by atoms with Crippen molar-refractivity contribution in [1.29, 1.82) is 0 Å². The predicted molar refractivity (Wildman–Crippen MR) is 95.0 cm³/mol. The van der Waals surface area contributed by atoms with E-state index in [9.17, 15) is 9.59 Å². The number of anilines is 1. The van der Waals surface area contributed by atoms with Gasteiger partial charge >= 0.3 is 5.97 Å². The average Bonchev–Trinajstić information content (AvgIpc) is 2.85. The number of hydrogen-bond donors (Lipinski definition) is 1. The summed E-state index contributed by atoms with van der Waals surface area (Å²) in [6.07, 6.45) is 0. The van der Waals surface area contributed by atoms with Gasteiger partial charge in [-0.1, -0.05) is 27.7 Å². The molecule has 0 saturated heterocycles. The van der Waals surface area contributed by atoms with Gasteiger partial charge in [0.1, 0.15) is 5.00 Å². The molecule has 23 heavy (non-hydrogen) atoms. The van der Waals surface area contributed by atoms with E-state index in [1.807, 2.05) is 0 Å². The fourth-order valence-electron chi connectivity index (χ4n) is 2.38. The van der Waals surface area contributed by atoms with Gasteiger partial charge in [-0.15, -0.1) is 11.3 Å². The van der Waals surface area contributed by atoms with Crippen molar-refractivity contribution in [3.63, 3.8) is 0 Å². The summed E-state index contributed by atoms with van der Waals surface area (Å²) in [5.41, 5.74) is 0.421. The van der Waals surface area contributed by atoms with Crippen molar-refractivity contribution in [2.75, 3.05) is 31.6 Å². The summed E-state index contributed by atoms with van der Waals surface area (Å²) in [7, 11) is 0. The first-order chi connectivity index (χ1) is 10.8. The quantitative estimate of drug-likeness (QED) is 0.699. The lowest BCUT2D eigenvalue weighted by Gasteiger charge is -2.25. The fraction of sp³-hybridized carbons (Fsp3) is 0.647. The number of rotatable bonds is 9.